The third kappa shape index (κ3) is 6.04. The average molecular weight is 460 g/mol. The van der Waals surface area contributed by atoms with Gasteiger partial charge in [-0.3, -0.25) is 14.6 Å². The fourth-order valence-corrected chi connectivity index (χ4v) is 4.88. The molecule has 1 aliphatic heterocycles. The number of halogens is 1. The number of anilines is 1. The van der Waals surface area contributed by atoms with Gasteiger partial charge in [0.25, 0.3) is 0 Å². The van der Waals surface area contributed by atoms with Crippen LogP contribution in [0.4, 0.5) is 5.13 Å². The van der Waals surface area contributed by atoms with Gasteiger partial charge in [0.05, 0.1) is 23.4 Å². The van der Waals surface area contributed by atoms with Crippen LogP contribution in [0.2, 0.25) is 0 Å². The number of morpholine rings is 1. The molecule has 2 heterocycles. The molecule has 1 aromatic heterocycles. The van der Waals surface area contributed by atoms with E-state index < -0.39 is 0 Å². The van der Waals surface area contributed by atoms with Gasteiger partial charge in [0, 0.05) is 32.6 Å². The summed E-state index contributed by atoms with van der Waals surface area (Å²) < 4.78 is 6.61. The molecule has 0 aliphatic carbocycles. The van der Waals surface area contributed by atoms with E-state index in [1.165, 1.54) is 11.1 Å². The fraction of sp³-hybridized carbons (Fsp3) is 0.417. The summed E-state index contributed by atoms with van der Waals surface area (Å²) >= 11 is 1.62. The standard InChI is InChI=1S/C24H29N3O2S.ClH/c1-2-20-9-6-10-21-23(20)25-24(30-21)27(14-13-26-15-17-29-18-16-26)22(28)12-11-19-7-4-3-5-8-19;/h3-10H,2,11-18H2,1H3;1H. The Morgan fingerprint density at radius 1 is 1.13 bits per heavy atom. The summed E-state index contributed by atoms with van der Waals surface area (Å²) in [6.07, 6.45) is 2.18. The molecule has 3 aromatic rings. The van der Waals surface area contributed by atoms with Crippen molar-refractivity contribution in [3.63, 3.8) is 0 Å². The molecule has 7 heteroatoms. The zero-order valence-corrected chi connectivity index (χ0v) is 19.6. The Balaban J connectivity index is 0.00000272. The molecule has 0 atom stereocenters. The number of amides is 1. The molecule has 5 nitrogen and oxygen atoms in total. The van der Waals surface area contributed by atoms with Crippen molar-refractivity contribution in [2.75, 3.05) is 44.3 Å². The number of carbonyl (C=O) groups excluding carboxylic acids is 1. The summed E-state index contributed by atoms with van der Waals surface area (Å²) in [6, 6.07) is 16.5. The summed E-state index contributed by atoms with van der Waals surface area (Å²) in [5.74, 6) is 0.143. The van der Waals surface area contributed by atoms with Crippen molar-refractivity contribution in [3.8, 4) is 0 Å². The van der Waals surface area contributed by atoms with Crippen LogP contribution in [0.3, 0.4) is 0 Å². The number of para-hydroxylation sites is 1. The number of aromatic nitrogens is 1. The minimum absolute atomic E-state index is 0. The normalized spacial score (nSPS) is 14.4. The van der Waals surface area contributed by atoms with Crippen molar-refractivity contribution < 1.29 is 9.53 Å². The number of aryl methyl sites for hydroxylation is 2. The predicted octanol–water partition coefficient (Wildman–Crippen LogP) is 4.58. The van der Waals surface area contributed by atoms with Crippen molar-refractivity contribution in [1.29, 1.82) is 0 Å². The molecule has 1 fully saturated rings. The number of ether oxygens (including phenoxy) is 1. The third-order valence-electron chi connectivity index (χ3n) is 5.62. The number of benzene rings is 2. The number of fused-ring (bicyclic) bond motifs is 1. The summed E-state index contributed by atoms with van der Waals surface area (Å²) in [5, 5.41) is 0.817. The zero-order valence-electron chi connectivity index (χ0n) is 18.0. The minimum Gasteiger partial charge on any atom is -0.379 e. The molecule has 0 bridgehead atoms. The second-order valence-electron chi connectivity index (χ2n) is 7.60. The first kappa shape index (κ1) is 23.7. The number of thiazole rings is 1. The third-order valence-corrected chi connectivity index (χ3v) is 6.66. The van der Waals surface area contributed by atoms with Crippen molar-refractivity contribution in [2.24, 2.45) is 0 Å². The Bertz CT molecular complexity index is 973. The van der Waals surface area contributed by atoms with Crippen molar-refractivity contribution in [3.05, 3.63) is 59.7 Å². The monoisotopic (exact) mass is 459 g/mol. The van der Waals surface area contributed by atoms with Crippen molar-refractivity contribution >= 4 is 45.0 Å². The van der Waals surface area contributed by atoms with E-state index in [1.807, 2.05) is 23.1 Å². The van der Waals surface area contributed by atoms with E-state index >= 15 is 0 Å². The maximum Gasteiger partial charge on any atom is 0.229 e. The van der Waals surface area contributed by atoms with E-state index in [0.717, 1.165) is 61.0 Å². The van der Waals surface area contributed by atoms with Gasteiger partial charge in [0.2, 0.25) is 5.91 Å². The van der Waals surface area contributed by atoms with Gasteiger partial charge in [0.1, 0.15) is 0 Å². The van der Waals surface area contributed by atoms with Crippen LogP contribution < -0.4 is 4.90 Å². The predicted molar refractivity (Wildman–Crippen MR) is 131 cm³/mol. The van der Waals surface area contributed by atoms with E-state index in [9.17, 15) is 4.79 Å². The van der Waals surface area contributed by atoms with Crippen LogP contribution in [0.25, 0.3) is 10.2 Å². The van der Waals surface area contributed by atoms with E-state index in [4.69, 9.17) is 9.72 Å². The lowest BCUT2D eigenvalue weighted by molar-refractivity contribution is -0.118. The zero-order chi connectivity index (χ0) is 20.8. The number of rotatable bonds is 8. The largest absolute Gasteiger partial charge is 0.379 e. The van der Waals surface area contributed by atoms with Gasteiger partial charge in [-0.15, -0.1) is 12.4 Å². The lowest BCUT2D eigenvalue weighted by Gasteiger charge is -2.29. The van der Waals surface area contributed by atoms with Crippen LogP contribution in [-0.4, -0.2) is 55.2 Å². The molecule has 31 heavy (non-hydrogen) atoms. The first-order valence-electron chi connectivity index (χ1n) is 10.8. The lowest BCUT2D eigenvalue weighted by atomic mass is 10.1. The molecule has 0 saturated carbocycles. The van der Waals surface area contributed by atoms with E-state index in [1.54, 1.807) is 11.3 Å². The van der Waals surface area contributed by atoms with Gasteiger partial charge < -0.3 is 4.74 Å². The first-order valence-corrected chi connectivity index (χ1v) is 11.6. The first-order chi connectivity index (χ1) is 14.7. The van der Waals surface area contributed by atoms with Crippen LogP contribution in [0.15, 0.2) is 48.5 Å². The van der Waals surface area contributed by atoms with Crippen LogP contribution in [-0.2, 0) is 22.4 Å². The summed E-state index contributed by atoms with van der Waals surface area (Å²) in [5.41, 5.74) is 3.46. The Hall–Kier alpha value is -1.99. The van der Waals surface area contributed by atoms with Crippen LogP contribution >= 0.6 is 23.7 Å². The SMILES string of the molecule is CCc1cccc2sc(N(CCN3CCOCC3)C(=O)CCc3ccccc3)nc12.Cl. The number of hydrogen-bond acceptors (Lipinski definition) is 5. The van der Waals surface area contributed by atoms with E-state index in [-0.39, 0.29) is 18.3 Å². The topological polar surface area (TPSA) is 45.7 Å². The van der Waals surface area contributed by atoms with Crippen molar-refractivity contribution in [2.45, 2.75) is 26.2 Å². The van der Waals surface area contributed by atoms with Crippen molar-refractivity contribution in [1.82, 2.24) is 9.88 Å². The van der Waals surface area contributed by atoms with E-state index in [0.29, 0.717) is 13.0 Å². The van der Waals surface area contributed by atoms with Gasteiger partial charge in [-0.1, -0.05) is 60.7 Å². The Morgan fingerprint density at radius 3 is 2.65 bits per heavy atom. The van der Waals surface area contributed by atoms with Crippen LogP contribution in [0.5, 0.6) is 0 Å². The highest BCUT2D eigenvalue weighted by atomic mass is 35.5. The molecule has 166 valence electrons. The number of carbonyl (C=O) groups is 1. The molecule has 4 rings (SSSR count). The molecule has 0 spiro atoms. The second-order valence-corrected chi connectivity index (χ2v) is 8.61. The molecule has 0 unspecified atom stereocenters. The molecule has 0 radical (unpaired) electrons. The molecule has 1 aliphatic rings. The van der Waals surface area contributed by atoms with Gasteiger partial charge in [0.15, 0.2) is 5.13 Å². The summed E-state index contributed by atoms with van der Waals surface area (Å²) in [4.78, 5) is 22.4. The van der Waals surface area contributed by atoms with Gasteiger partial charge in [-0.2, -0.15) is 0 Å². The highest BCUT2D eigenvalue weighted by Gasteiger charge is 2.22. The Morgan fingerprint density at radius 2 is 1.90 bits per heavy atom. The molecule has 1 saturated heterocycles. The summed E-state index contributed by atoms with van der Waals surface area (Å²) in [7, 11) is 0. The molecular formula is C24H30ClN3O2S. The van der Waals surface area contributed by atoms with E-state index in [2.05, 4.69) is 42.2 Å². The Labute approximate surface area is 194 Å². The number of hydrogen-bond donors (Lipinski definition) is 0. The highest BCUT2D eigenvalue weighted by molar-refractivity contribution is 7.22. The fourth-order valence-electron chi connectivity index (χ4n) is 3.82. The van der Waals surface area contributed by atoms with Gasteiger partial charge in [-0.25, -0.2) is 4.98 Å². The molecule has 0 N–H and O–H groups in total. The van der Waals surface area contributed by atoms with Gasteiger partial charge in [-0.05, 0) is 30.0 Å². The molecular weight excluding hydrogens is 430 g/mol. The maximum atomic E-state index is 13.3. The average Bonchev–Trinajstić information content (AvgIpc) is 3.23. The second kappa shape index (κ2) is 11.6. The molecule has 2 aromatic carbocycles. The molecule has 1 amide bonds. The summed E-state index contributed by atoms with van der Waals surface area (Å²) in [6.45, 7) is 7.03. The highest BCUT2D eigenvalue weighted by Crippen LogP contribution is 2.31. The smallest absolute Gasteiger partial charge is 0.229 e. The number of nitrogens with zero attached hydrogens (tertiary/aromatic N) is 3. The maximum absolute atomic E-state index is 13.3. The lowest BCUT2D eigenvalue weighted by Crippen LogP contribution is -2.43. The quantitative estimate of drug-likeness (QED) is 0.494. The van der Waals surface area contributed by atoms with Crippen LogP contribution in [0, 0.1) is 0 Å². The van der Waals surface area contributed by atoms with Gasteiger partial charge >= 0.3 is 0 Å². The van der Waals surface area contributed by atoms with Crippen LogP contribution in [0.1, 0.15) is 24.5 Å². The Kier molecular flexibility index (Phi) is 8.84. The minimum atomic E-state index is 0.